The molecule has 57 heavy (non-hydrogen) atoms. The average Bonchev–Trinajstić information content (AvgIpc) is 4.05. The van der Waals surface area contributed by atoms with E-state index < -0.39 is 0 Å². The molecule has 0 amide bonds. The predicted molar refractivity (Wildman–Crippen MR) is 239 cm³/mol. The Bertz CT molecular complexity index is 3630. The number of nitrogens with zero attached hydrogens (tertiary/aromatic N) is 3. The van der Waals surface area contributed by atoms with E-state index in [1.165, 1.54) is 69.6 Å². The largest absolute Gasteiger partial charge is 0.435 e. The van der Waals surface area contributed by atoms with Gasteiger partial charge in [0.2, 0.25) is 5.89 Å². The van der Waals surface area contributed by atoms with Crippen molar-refractivity contribution in [2.24, 2.45) is 0 Å². The lowest BCUT2D eigenvalue weighted by molar-refractivity contribution is 0.623. The van der Waals surface area contributed by atoms with E-state index in [1.807, 2.05) is 29.5 Å². The first kappa shape index (κ1) is 31.3. The highest BCUT2D eigenvalue weighted by atomic mass is 32.1. The highest BCUT2D eigenvalue weighted by Gasteiger charge is 2.36. The zero-order chi connectivity index (χ0) is 37.6. The summed E-state index contributed by atoms with van der Waals surface area (Å²) in [6, 6.07) is 59.8. The Labute approximate surface area is 331 Å². The maximum absolute atomic E-state index is 6.65. The molecule has 4 nitrogen and oxygen atoms in total. The van der Waals surface area contributed by atoms with Crippen LogP contribution in [-0.4, -0.2) is 9.38 Å². The number of para-hydroxylation sites is 1. The predicted octanol–water partition coefficient (Wildman–Crippen LogP) is 14.8. The van der Waals surface area contributed by atoms with Gasteiger partial charge in [0, 0.05) is 64.4 Å². The van der Waals surface area contributed by atoms with Gasteiger partial charge in [-0.25, -0.2) is 4.98 Å². The van der Waals surface area contributed by atoms with Crippen LogP contribution in [0.15, 0.2) is 168 Å². The number of hydrogen-bond donors (Lipinski definition) is 0. The molecule has 0 bridgehead atoms. The van der Waals surface area contributed by atoms with Gasteiger partial charge in [-0.15, -0.1) is 11.3 Å². The summed E-state index contributed by atoms with van der Waals surface area (Å²) in [5.74, 6) is 0.639. The van der Waals surface area contributed by atoms with Crippen LogP contribution >= 0.6 is 11.3 Å². The number of rotatable bonds is 4. The van der Waals surface area contributed by atoms with Crippen molar-refractivity contribution in [2.75, 3.05) is 4.90 Å². The number of anilines is 3. The second kappa shape index (κ2) is 11.1. The van der Waals surface area contributed by atoms with Crippen LogP contribution in [-0.2, 0) is 5.41 Å². The van der Waals surface area contributed by atoms with Crippen molar-refractivity contribution in [1.29, 1.82) is 0 Å². The minimum absolute atomic E-state index is 0.122. The molecule has 268 valence electrons. The van der Waals surface area contributed by atoms with Crippen LogP contribution in [0.5, 0.6) is 0 Å². The molecule has 1 aliphatic rings. The number of thiophene rings is 1. The summed E-state index contributed by atoms with van der Waals surface area (Å²) in [5, 5.41) is 7.24. The molecule has 0 saturated heterocycles. The van der Waals surface area contributed by atoms with Gasteiger partial charge in [0.25, 0.3) is 0 Å². The Kier molecular flexibility index (Phi) is 6.09. The lowest BCUT2D eigenvalue weighted by Gasteiger charge is -2.28. The molecule has 4 heterocycles. The van der Waals surface area contributed by atoms with Gasteiger partial charge >= 0.3 is 0 Å². The Morgan fingerprint density at radius 1 is 0.544 bits per heavy atom. The van der Waals surface area contributed by atoms with Crippen LogP contribution in [0.3, 0.4) is 0 Å². The maximum atomic E-state index is 6.65. The van der Waals surface area contributed by atoms with E-state index in [9.17, 15) is 0 Å². The first-order valence-electron chi connectivity index (χ1n) is 19.5. The zero-order valence-corrected chi connectivity index (χ0v) is 32.1. The van der Waals surface area contributed by atoms with Gasteiger partial charge < -0.3 is 13.7 Å². The van der Waals surface area contributed by atoms with Gasteiger partial charge in [-0.05, 0) is 95.1 Å². The second-order valence-electron chi connectivity index (χ2n) is 15.9. The van der Waals surface area contributed by atoms with Crippen LogP contribution in [0.2, 0.25) is 0 Å². The van der Waals surface area contributed by atoms with Crippen LogP contribution in [0.25, 0.3) is 91.9 Å². The van der Waals surface area contributed by atoms with E-state index in [4.69, 9.17) is 9.40 Å². The van der Waals surface area contributed by atoms with Crippen LogP contribution in [0.1, 0.15) is 25.0 Å². The van der Waals surface area contributed by atoms with Gasteiger partial charge in [-0.1, -0.05) is 105 Å². The lowest BCUT2D eigenvalue weighted by Crippen LogP contribution is -2.16. The van der Waals surface area contributed by atoms with Gasteiger partial charge in [-0.3, -0.25) is 0 Å². The van der Waals surface area contributed by atoms with E-state index in [1.54, 1.807) is 0 Å². The summed E-state index contributed by atoms with van der Waals surface area (Å²) >= 11 is 1.86. The van der Waals surface area contributed by atoms with Crippen molar-refractivity contribution in [3.05, 3.63) is 175 Å². The normalized spacial score (nSPS) is 13.6. The molecule has 0 radical (unpaired) electrons. The van der Waals surface area contributed by atoms with E-state index in [-0.39, 0.29) is 5.41 Å². The molecule has 12 aromatic rings. The smallest absolute Gasteiger partial charge is 0.227 e. The van der Waals surface area contributed by atoms with Crippen LogP contribution in [0.4, 0.5) is 17.1 Å². The first-order chi connectivity index (χ1) is 28.0. The molecule has 0 fully saturated rings. The molecule has 0 spiro atoms. The van der Waals surface area contributed by atoms with Crippen molar-refractivity contribution >= 4 is 97.8 Å². The Morgan fingerprint density at radius 3 is 2.14 bits per heavy atom. The lowest BCUT2D eigenvalue weighted by atomic mass is 9.82. The molecule has 0 atom stereocenters. The minimum Gasteiger partial charge on any atom is -0.435 e. The van der Waals surface area contributed by atoms with E-state index in [0.29, 0.717) is 5.89 Å². The molecule has 0 unspecified atom stereocenters. The monoisotopic (exact) mass is 747 g/mol. The molecule has 0 aliphatic heterocycles. The summed E-state index contributed by atoms with van der Waals surface area (Å²) < 4.78 is 11.7. The fraction of sp³-hybridized carbons (Fsp3) is 0.0577. The Hall–Kier alpha value is -6.95. The highest BCUT2D eigenvalue weighted by Crippen LogP contribution is 2.52. The molecule has 5 heteroatoms. The molecule has 1 aliphatic carbocycles. The third-order valence-corrected chi connectivity index (χ3v) is 13.7. The van der Waals surface area contributed by atoms with Gasteiger partial charge in [0.1, 0.15) is 5.52 Å². The molecular formula is C52H33N3OS. The molecular weight excluding hydrogens is 715 g/mol. The van der Waals surface area contributed by atoms with Crippen molar-refractivity contribution in [3.63, 3.8) is 0 Å². The van der Waals surface area contributed by atoms with Gasteiger partial charge in [0.15, 0.2) is 5.58 Å². The molecule has 8 aromatic carbocycles. The van der Waals surface area contributed by atoms with Crippen molar-refractivity contribution in [1.82, 2.24) is 9.38 Å². The van der Waals surface area contributed by atoms with Gasteiger partial charge in [0.05, 0.1) is 21.9 Å². The fourth-order valence-corrected chi connectivity index (χ4v) is 11.0. The third kappa shape index (κ3) is 4.19. The summed E-state index contributed by atoms with van der Waals surface area (Å²) in [6.45, 7) is 4.72. The molecule has 4 aromatic heterocycles. The summed E-state index contributed by atoms with van der Waals surface area (Å²) in [6.07, 6.45) is 0. The van der Waals surface area contributed by atoms with Crippen molar-refractivity contribution < 1.29 is 4.42 Å². The highest BCUT2D eigenvalue weighted by molar-refractivity contribution is 7.25. The average molecular weight is 748 g/mol. The number of aromatic nitrogens is 2. The van der Waals surface area contributed by atoms with E-state index in [0.717, 1.165) is 44.6 Å². The number of oxazole rings is 1. The second-order valence-corrected chi connectivity index (χ2v) is 17.0. The number of hydrogen-bond acceptors (Lipinski definition) is 4. The van der Waals surface area contributed by atoms with Crippen LogP contribution in [0, 0.1) is 0 Å². The standard InChI is InChI=1S/C52H33N3OS/c1-52(2)41-17-9-6-14-34(41)35-23-20-32(27-42(35)52)54(33-21-24-37-36-15-8-11-19-46(36)57-47(37)28-33)31-22-25-45-39(26-31)40-29-43-50(56-51(53-43)30-12-4-3-5-13-30)48-38-16-7-10-18-44(38)55(45)49(40)48/h3-29H,1-2H3. The molecule has 13 rings (SSSR count). The SMILES string of the molecule is CC1(C)c2ccccc2-c2ccc(N(c3ccc4c(c3)sc3ccccc34)c3ccc4c(c3)c3cc5nc(-c6ccccc6)oc5c5c6ccccc6n4c35)cc21. The Morgan fingerprint density at radius 2 is 1.23 bits per heavy atom. The Balaban J connectivity index is 1.08. The summed E-state index contributed by atoms with van der Waals surface area (Å²) in [5.41, 5.74) is 14.8. The summed E-state index contributed by atoms with van der Waals surface area (Å²) in [7, 11) is 0. The van der Waals surface area contributed by atoms with Crippen LogP contribution < -0.4 is 4.90 Å². The fourth-order valence-electron chi connectivity index (χ4n) is 9.90. The maximum Gasteiger partial charge on any atom is 0.227 e. The topological polar surface area (TPSA) is 33.7 Å². The first-order valence-corrected chi connectivity index (χ1v) is 20.4. The van der Waals surface area contributed by atoms with E-state index in [2.05, 4.69) is 169 Å². The molecule has 0 N–H and O–H groups in total. The number of benzene rings is 8. The van der Waals surface area contributed by atoms with Crippen molar-refractivity contribution in [2.45, 2.75) is 19.3 Å². The number of fused-ring (bicyclic) bond motifs is 14. The quantitative estimate of drug-likeness (QED) is 0.180. The zero-order valence-electron chi connectivity index (χ0n) is 31.2. The third-order valence-electron chi connectivity index (χ3n) is 12.5. The molecule has 0 saturated carbocycles. The minimum atomic E-state index is -0.122. The van der Waals surface area contributed by atoms with Crippen molar-refractivity contribution in [3.8, 4) is 22.6 Å². The van der Waals surface area contributed by atoms with Gasteiger partial charge in [-0.2, -0.15) is 0 Å². The summed E-state index contributed by atoms with van der Waals surface area (Å²) in [4.78, 5) is 7.56. The van der Waals surface area contributed by atoms with E-state index >= 15 is 0 Å².